The summed E-state index contributed by atoms with van der Waals surface area (Å²) >= 11 is 0. The molecule has 8 nitrogen and oxygen atoms in total. The van der Waals surface area contributed by atoms with Gasteiger partial charge in [0.15, 0.2) is 11.5 Å². The van der Waals surface area contributed by atoms with Gasteiger partial charge in [0, 0.05) is 28.4 Å². The van der Waals surface area contributed by atoms with E-state index in [-0.39, 0.29) is 12.5 Å². The summed E-state index contributed by atoms with van der Waals surface area (Å²) in [5, 5.41) is 14.0. The Kier molecular flexibility index (Phi) is 6.64. The van der Waals surface area contributed by atoms with Gasteiger partial charge in [0.05, 0.1) is 48.4 Å². The van der Waals surface area contributed by atoms with Crippen LogP contribution < -0.4 is 14.8 Å². The lowest BCUT2D eigenvalue weighted by molar-refractivity contribution is -0.129. The molecule has 2 saturated heterocycles. The van der Waals surface area contributed by atoms with E-state index in [2.05, 4.69) is 11.4 Å². The Morgan fingerprint density at radius 3 is 2.63 bits per heavy atom. The first-order valence-corrected chi connectivity index (χ1v) is 12.5. The largest absolute Gasteiger partial charge is 0.493 e. The van der Waals surface area contributed by atoms with E-state index < -0.39 is 23.0 Å². The molecule has 0 radical (unpaired) electrons. The molecule has 2 aliphatic heterocycles. The summed E-state index contributed by atoms with van der Waals surface area (Å²) in [6.07, 6.45) is 3.24. The number of nitrogens with one attached hydrogen (secondary N) is 1. The number of hydrogen-bond donors (Lipinski definition) is 1. The van der Waals surface area contributed by atoms with Crippen molar-refractivity contribution in [2.75, 3.05) is 19.0 Å². The lowest BCUT2D eigenvalue weighted by atomic mass is 9.66. The van der Waals surface area contributed by atoms with E-state index in [0.29, 0.717) is 47.6 Å². The zero-order valence-electron chi connectivity index (χ0n) is 21.2. The average Bonchev–Trinajstić information content (AvgIpc) is 3.41. The van der Waals surface area contributed by atoms with E-state index >= 15 is 0 Å². The number of amides is 1. The lowest BCUT2D eigenvalue weighted by Crippen LogP contribution is -2.48. The van der Waals surface area contributed by atoms with Crippen LogP contribution in [0, 0.1) is 23.2 Å². The van der Waals surface area contributed by atoms with E-state index in [1.165, 1.54) is 7.11 Å². The highest BCUT2D eigenvalue weighted by Crippen LogP contribution is 2.58. The molecule has 194 valence electrons. The van der Waals surface area contributed by atoms with E-state index in [9.17, 15) is 19.6 Å². The first-order valence-electron chi connectivity index (χ1n) is 12.5. The van der Waals surface area contributed by atoms with E-state index in [1.54, 1.807) is 30.3 Å². The van der Waals surface area contributed by atoms with Crippen LogP contribution in [0.25, 0.3) is 10.8 Å². The lowest BCUT2D eigenvalue weighted by Gasteiger charge is -2.34. The highest BCUT2D eigenvalue weighted by molar-refractivity contribution is 6.05. The Hall–Kier alpha value is -4.22. The zero-order chi connectivity index (χ0) is 26.9. The molecule has 2 aliphatic rings. The standard InChI is InChI=1S/C30H28N2O6/c1-29-11-12-30(38-29,13-14-37-25-10-7-19(17-33)15-26(25)36-2)27(23(29)18-34)28(35)32-24-9-8-20(16-31)21-5-3-4-6-22(21)24/h3-10,15,17-18,23,27H,11-14H2,1-2H3,(H,32,35)/t23-,27-,29+,30+/m1/s1. The highest BCUT2D eigenvalue weighted by atomic mass is 16.5. The fraction of sp³-hybridized carbons (Fsp3) is 0.333. The number of anilines is 1. The molecule has 0 aliphatic carbocycles. The van der Waals surface area contributed by atoms with Gasteiger partial charge in [-0.1, -0.05) is 24.3 Å². The Labute approximate surface area is 220 Å². The summed E-state index contributed by atoms with van der Waals surface area (Å²) in [6, 6.07) is 17.9. The fourth-order valence-electron chi connectivity index (χ4n) is 6.04. The summed E-state index contributed by atoms with van der Waals surface area (Å²) in [5.41, 5.74) is -0.0407. The number of aldehydes is 2. The molecule has 0 spiro atoms. The molecule has 2 bridgehead atoms. The van der Waals surface area contributed by atoms with Crippen LogP contribution in [0.1, 0.15) is 42.1 Å². The fourth-order valence-corrected chi connectivity index (χ4v) is 6.04. The molecular formula is C30H28N2O6. The monoisotopic (exact) mass is 512 g/mol. The van der Waals surface area contributed by atoms with Crippen molar-refractivity contribution < 1.29 is 28.6 Å². The van der Waals surface area contributed by atoms with Gasteiger partial charge in [-0.25, -0.2) is 0 Å². The van der Waals surface area contributed by atoms with Crippen molar-refractivity contribution >= 4 is 34.9 Å². The summed E-state index contributed by atoms with van der Waals surface area (Å²) in [5.74, 6) is -0.708. The van der Waals surface area contributed by atoms with Gasteiger partial charge in [0.25, 0.3) is 0 Å². The number of nitriles is 1. The van der Waals surface area contributed by atoms with Crippen molar-refractivity contribution in [1.82, 2.24) is 0 Å². The number of methoxy groups -OCH3 is 1. The third-order valence-electron chi connectivity index (χ3n) is 7.95. The normalized spacial score (nSPS) is 25.5. The molecule has 2 fully saturated rings. The first-order chi connectivity index (χ1) is 18.4. The molecule has 0 unspecified atom stereocenters. The van der Waals surface area contributed by atoms with Gasteiger partial charge in [-0.2, -0.15) is 5.26 Å². The van der Waals surface area contributed by atoms with E-state index in [4.69, 9.17) is 14.2 Å². The van der Waals surface area contributed by atoms with Crippen LogP contribution in [-0.2, 0) is 14.3 Å². The molecule has 38 heavy (non-hydrogen) atoms. The number of rotatable bonds is 9. The maximum atomic E-state index is 13.8. The van der Waals surface area contributed by atoms with Crippen molar-refractivity contribution in [3.05, 3.63) is 65.7 Å². The molecule has 3 aromatic carbocycles. The molecule has 3 aromatic rings. The molecule has 8 heteroatoms. The number of hydrogen-bond acceptors (Lipinski definition) is 7. The molecule has 1 amide bonds. The zero-order valence-corrected chi connectivity index (χ0v) is 21.2. The summed E-state index contributed by atoms with van der Waals surface area (Å²) < 4.78 is 17.8. The van der Waals surface area contributed by atoms with Crippen molar-refractivity contribution in [2.24, 2.45) is 11.8 Å². The summed E-state index contributed by atoms with van der Waals surface area (Å²) in [4.78, 5) is 37.2. The van der Waals surface area contributed by atoms with Crippen LogP contribution in [0.3, 0.4) is 0 Å². The third kappa shape index (κ3) is 4.19. The van der Waals surface area contributed by atoms with Crippen molar-refractivity contribution in [1.29, 1.82) is 5.26 Å². The van der Waals surface area contributed by atoms with Crippen LogP contribution >= 0.6 is 0 Å². The molecule has 0 saturated carbocycles. The highest BCUT2D eigenvalue weighted by Gasteiger charge is 2.67. The predicted molar refractivity (Wildman–Crippen MR) is 140 cm³/mol. The summed E-state index contributed by atoms with van der Waals surface area (Å²) in [7, 11) is 1.50. The van der Waals surface area contributed by atoms with Crippen LogP contribution in [0.15, 0.2) is 54.6 Å². The Morgan fingerprint density at radius 1 is 1.13 bits per heavy atom. The number of nitrogens with zero attached hydrogens (tertiary/aromatic N) is 1. The first kappa shape index (κ1) is 25.4. The van der Waals surface area contributed by atoms with Crippen molar-refractivity contribution in [2.45, 2.75) is 37.4 Å². The number of benzene rings is 3. The second-order valence-electron chi connectivity index (χ2n) is 10.1. The number of ether oxygens (including phenoxy) is 3. The molecule has 5 rings (SSSR count). The predicted octanol–water partition coefficient (Wildman–Crippen LogP) is 4.69. The molecule has 4 atom stereocenters. The van der Waals surface area contributed by atoms with E-state index in [0.717, 1.165) is 23.3 Å². The Balaban J connectivity index is 1.40. The minimum atomic E-state index is -0.872. The van der Waals surface area contributed by atoms with Gasteiger partial charge in [-0.05, 0) is 50.1 Å². The molecule has 2 heterocycles. The summed E-state index contributed by atoms with van der Waals surface area (Å²) in [6.45, 7) is 2.11. The van der Waals surface area contributed by atoms with Crippen LogP contribution in [0.4, 0.5) is 5.69 Å². The molecule has 0 aromatic heterocycles. The van der Waals surface area contributed by atoms with Gasteiger partial charge in [0.2, 0.25) is 5.91 Å². The Bertz CT molecular complexity index is 1460. The van der Waals surface area contributed by atoms with Gasteiger partial charge in [-0.15, -0.1) is 0 Å². The van der Waals surface area contributed by atoms with Crippen LogP contribution in [-0.4, -0.2) is 43.4 Å². The van der Waals surface area contributed by atoms with Crippen LogP contribution in [0.5, 0.6) is 11.5 Å². The average molecular weight is 513 g/mol. The quantitative estimate of drug-likeness (QED) is 0.414. The van der Waals surface area contributed by atoms with Gasteiger partial charge in [-0.3, -0.25) is 9.59 Å². The second kappa shape index (κ2) is 9.92. The minimum absolute atomic E-state index is 0.224. The molecular weight excluding hydrogens is 484 g/mol. The van der Waals surface area contributed by atoms with Gasteiger partial charge < -0.3 is 24.3 Å². The van der Waals surface area contributed by atoms with Crippen LogP contribution in [0.2, 0.25) is 0 Å². The van der Waals surface area contributed by atoms with Gasteiger partial charge >= 0.3 is 0 Å². The number of carbonyl (C=O) groups excluding carboxylic acids is 3. The van der Waals surface area contributed by atoms with Crippen molar-refractivity contribution in [3.63, 3.8) is 0 Å². The van der Waals surface area contributed by atoms with E-state index in [1.807, 2.05) is 31.2 Å². The number of fused-ring (bicyclic) bond motifs is 3. The van der Waals surface area contributed by atoms with Gasteiger partial charge in [0.1, 0.15) is 12.6 Å². The smallest absolute Gasteiger partial charge is 0.231 e. The van der Waals surface area contributed by atoms with Crippen molar-refractivity contribution in [3.8, 4) is 17.6 Å². The Morgan fingerprint density at radius 2 is 1.92 bits per heavy atom. The second-order valence-corrected chi connectivity index (χ2v) is 10.1. The maximum Gasteiger partial charge on any atom is 0.231 e. The SMILES string of the molecule is COc1cc(C=O)ccc1OCC[C@]12CC[C@](C)(O1)[C@H](C=O)[C@@H]2C(=O)Nc1ccc(C#N)c2ccccc12. The number of carbonyl (C=O) groups is 3. The topological polar surface area (TPSA) is 115 Å². The third-order valence-corrected chi connectivity index (χ3v) is 7.95. The molecule has 1 N–H and O–H groups in total. The minimum Gasteiger partial charge on any atom is -0.493 e. The maximum absolute atomic E-state index is 13.8.